The molecule has 0 saturated heterocycles. The fourth-order valence-electron chi connectivity index (χ4n) is 8.96. The largest absolute Gasteiger partial charge is 0.462 e. The lowest BCUT2D eigenvalue weighted by atomic mass is 10.0. The Labute approximate surface area is 404 Å². The van der Waals surface area contributed by atoms with Gasteiger partial charge in [-0.1, -0.05) is 282 Å². The standard InChI is InChI=1S/C59H111NO5/c1-4-7-10-13-16-19-22-24-26-28-30-32-34-37-40-43-46-49-52-59(64)65-55(50-47-44-41-38-35-21-18-15-12-9-6-3)53-58(63)60-56(54-61)57(62)51-48-45-42-39-36-33-31-29-27-25-23-20-17-14-11-8-5-2/h9,12,15,18,21,35,55-57,61-62H,4-8,10-11,13-14,16-17,19-20,22-34,36-54H2,1-3H3,(H,60,63)/b12-9+,18-15+,35-21-. The summed E-state index contributed by atoms with van der Waals surface area (Å²) in [6, 6.07) is -0.710. The maximum absolute atomic E-state index is 13.2. The number of esters is 1. The molecule has 0 aliphatic carbocycles. The first-order valence-electron chi connectivity index (χ1n) is 28.7. The Morgan fingerprint density at radius 2 is 0.831 bits per heavy atom. The van der Waals surface area contributed by atoms with E-state index in [4.69, 9.17) is 4.74 Å². The van der Waals surface area contributed by atoms with E-state index in [9.17, 15) is 19.8 Å². The highest BCUT2D eigenvalue weighted by Crippen LogP contribution is 2.19. The molecule has 0 heterocycles. The summed E-state index contributed by atoms with van der Waals surface area (Å²) < 4.78 is 5.93. The highest BCUT2D eigenvalue weighted by molar-refractivity contribution is 5.77. The highest BCUT2D eigenvalue weighted by atomic mass is 16.5. The van der Waals surface area contributed by atoms with Crippen LogP contribution in [0.25, 0.3) is 0 Å². The number of ether oxygens (including phenoxy) is 1. The Balaban J connectivity index is 4.43. The number of amides is 1. The first-order valence-corrected chi connectivity index (χ1v) is 28.7. The fourth-order valence-corrected chi connectivity index (χ4v) is 8.96. The van der Waals surface area contributed by atoms with Gasteiger partial charge in [0, 0.05) is 6.42 Å². The molecule has 0 radical (unpaired) electrons. The molecule has 0 aromatic carbocycles. The first-order chi connectivity index (χ1) is 32.0. The van der Waals surface area contributed by atoms with Crippen LogP contribution in [0.2, 0.25) is 0 Å². The van der Waals surface area contributed by atoms with E-state index >= 15 is 0 Å². The minimum Gasteiger partial charge on any atom is -0.462 e. The summed E-state index contributed by atoms with van der Waals surface area (Å²) in [6.07, 6.45) is 63.7. The summed E-state index contributed by atoms with van der Waals surface area (Å²) in [5.74, 6) is -0.494. The zero-order chi connectivity index (χ0) is 47.4. The quantitative estimate of drug-likeness (QED) is 0.0321. The molecule has 0 bridgehead atoms. The number of carbonyl (C=O) groups is 2. The lowest BCUT2D eigenvalue weighted by Crippen LogP contribution is -2.46. The molecule has 3 N–H and O–H groups in total. The van der Waals surface area contributed by atoms with Gasteiger partial charge < -0.3 is 20.3 Å². The van der Waals surface area contributed by atoms with Crippen LogP contribution in [0.15, 0.2) is 36.5 Å². The van der Waals surface area contributed by atoms with Crippen LogP contribution in [-0.4, -0.2) is 46.9 Å². The number of allylic oxidation sites excluding steroid dienone is 6. The van der Waals surface area contributed by atoms with Crippen molar-refractivity contribution < 1.29 is 24.5 Å². The highest BCUT2D eigenvalue weighted by Gasteiger charge is 2.24. The van der Waals surface area contributed by atoms with E-state index in [-0.39, 0.29) is 24.9 Å². The van der Waals surface area contributed by atoms with E-state index in [2.05, 4.69) is 56.5 Å². The smallest absolute Gasteiger partial charge is 0.306 e. The molecule has 382 valence electrons. The number of aliphatic hydroxyl groups is 2. The molecule has 0 aromatic heterocycles. The number of carbonyl (C=O) groups excluding carboxylic acids is 2. The third-order valence-corrected chi connectivity index (χ3v) is 13.3. The summed E-state index contributed by atoms with van der Waals surface area (Å²) in [7, 11) is 0. The maximum atomic E-state index is 13.2. The van der Waals surface area contributed by atoms with Gasteiger partial charge in [-0.3, -0.25) is 9.59 Å². The zero-order valence-corrected chi connectivity index (χ0v) is 43.6. The van der Waals surface area contributed by atoms with E-state index in [0.717, 1.165) is 70.6 Å². The molecule has 3 unspecified atom stereocenters. The molecular weight excluding hydrogens is 803 g/mol. The van der Waals surface area contributed by atoms with Gasteiger partial charge in [0.15, 0.2) is 0 Å². The van der Waals surface area contributed by atoms with Crippen LogP contribution < -0.4 is 5.32 Å². The Morgan fingerprint density at radius 1 is 0.462 bits per heavy atom. The lowest BCUT2D eigenvalue weighted by Gasteiger charge is -2.24. The Hall–Kier alpha value is -1.92. The predicted molar refractivity (Wildman–Crippen MR) is 282 cm³/mol. The normalized spacial score (nSPS) is 13.4. The van der Waals surface area contributed by atoms with Gasteiger partial charge >= 0.3 is 5.97 Å². The molecule has 0 aromatic rings. The Bertz CT molecular complexity index is 1070. The average Bonchev–Trinajstić information content (AvgIpc) is 3.30. The predicted octanol–water partition coefficient (Wildman–Crippen LogP) is 17.6. The van der Waals surface area contributed by atoms with E-state index in [1.807, 2.05) is 6.08 Å². The monoisotopic (exact) mass is 914 g/mol. The van der Waals surface area contributed by atoms with Crippen molar-refractivity contribution in [1.29, 1.82) is 0 Å². The third kappa shape index (κ3) is 48.3. The van der Waals surface area contributed by atoms with Gasteiger partial charge in [0.2, 0.25) is 5.91 Å². The average molecular weight is 915 g/mol. The van der Waals surface area contributed by atoms with E-state index in [1.165, 1.54) is 186 Å². The van der Waals surface area contributed by atoms with Crippen LogP contribution >= 0.6 is 0 Å². The van der Waals surface area contributed by atoms with Crippen molar-refractivity contribution in [2.45, 2.75) is 322 Å². The molecule has 6 heteroatoms. The van der Waals surface area contributed by atoms with E-state index < -0.39 is 18.2 Å². The van der Waals surface area contributed by atoms with Crippen LogP contribution in [-0.2, 0) is 14.3 Å². The number of hydrogen-bond acceptors (Lipinski definition) is 5. The molecular formula is C59H111NO5. The summed E-state index contributed by atoms with van der Waals surface area (Å²) in [4.78, 5) is 26.2. The van der Waals surface area contributed by atoms with Crippen molar-refractivity contribution >= 4 is 11.9 Å². The van der Waals surface area contributed by atoms with Crippen LogP contribution in [0.4, 0.5) is 0 Å². The molecule has 0 saturated carbocycles. The van der Waals surface area contributed by atoms with Gasteiger partial charge in [-0.2, -0.15) is 0 Å². The van der Waals surface area contributed by atoms with Crippen molar-refractivity contribution in [2.75, 3.05) is 6.61 Å². The van der Waals surface area contributed by atoms with Crippen LogP contribution in [0.5, 0.6) is 0 Å². The molecule has 0 fully saturated rings. The van der Waals surface area contributed by atoms with Gasteiger partial charge in [0.05, 0.1) is 25.2 Å². The van der Waals surface area contributed by atoms with Crippen molar-refractivity contribution in [3.05, 3.63) is 36.5 Å². The van der Waals surface area contributed by atoms with Crippen LogP contribution in [0.3, 0.4) is 0 Å². The SMILES string of the molecule is CC/C=C/C=C/C=C\CCCCCC(CC(=O)NC(CO)C(O)CCCCCCCCCCCCCCCCCCC)OC(=O)CCCCCCCCCCCCCCCCCCCC. The van der Waals surface area contributed by atoms with E-state index in [1.54, 1.807) is 0 Å². The maximum Gasteiger partial charge on any atom is 0.306 e. The number of rotatable bonds is 52. The molecule has 0 rings (SSSR count). The van der Waals surface area contributed by atoms with Crippen molar-refractivity contribution in [3.8, 4) is 0 Å². The molecule has 3 atom stereocenters. The minimum absolute atomic E-state index is 0.0587. The number of aliphatic hydroxyl groups excluding tert-OH is 2. The molecule has 0 aliphatic heterocycles. The minimum atomic E-state index is -0.795. The molecule has 65 heavy (non-hydrogen) atoms. The van der Waals surface area contributed by atoms with E-state index in [0.29, 0.717) is 19.3 Å². The third-order valence-electron chi connectivity index (χ3n) is 13.3. The van der Waals surface area contributed by atoms with Gasteiger partial charge in [-0.25, -0.2) is 0 Å². The second-order valence-corrected chi connectivity index (χ2v) is 19.7. The summed E-state index contributed by atoms with van der Waals surface area (Å²) in [5, 5.41) is 23.9. The van der Waals surface area contributed by atoms with Crippen molar-refractivity contribution in [1.82, 2.24) is 5.32 Å². The van der Waals surface area contributed by atoms with Crippen LogP contribution in [0, 0.1) is 0 Å². The van der Waals surface area contributed by atoms with Gasteiger partial charge in [0.1, 0.15) is 6.10 Å². The molecule has 1 amide bonds. The van der Waals surface area contributed by atoms with Crippen molar-refractivity contribution in [3.63, 3.8) is 0 Å². The molecule has 0 spiro atoms. The number of unbranched alkanes of at least 4 members (excludes halogenated alkanes) is 36. The fraction of sp³-hybridized carbons (Fsp3) is 0.864. The van der Waals surface area contributed by atoms with Gasteiger partial charge in [-0.15, -0.1) is 0 Å². The van der Waals surface area contributed by atoms with Crippen molar-refractivity contribution in [2.24, 2.45) is 0 Å². The number of hydrogen-bond donors (Lipinski definition) is 3. The summed E-state index contributed by atoms with van der Waals surface area (Å²) >= 11 is 0. The summed E-state index contributed by atoms with van der Waals surface area (Å²) in [5.41, 5.74) is 0. The molecule has 0 aliphatic rings. The lowest BCUT2D eigenvalue weighted by molar-refractivity contribution is -0.151. The second-order valence-electron chi connectivity index (χ2n) is 19.7. The summed E-state index contributed by atoms with van der Waals surface area (Å²) in [6.45, 7) is 6.38. The topological polar surface area (TPSA) is 95.9 Å². The Morgan fingerprint density at radius 3 is 1.25 bits per heavy atom. The second kappa shape index (κ2) is 53.0. The van der Waals surface area contributed by atoms with Gasteiger partial charge in [-0.05, 0) is 44.9 Å². The number of nitrogens with one attached hydrogen (secondary N) is 1. The zero-order valence-electron chi connectivity index (χ0n) is 43.6. The van der Waals surface area contributed by atoms with Gasteiger partial charge in [0.25, 0.3) is 0 Å². The first kappa shape index (κ1) is 63.1. The molecule has 6 nitrogen and oxygen atoms in total. The Kier molecular flexibility index (Phi) is 51.5. The van der Waals surface area contributed by atoms with Crippen LogP contribution in [0.1, 0.15) is 303 Å².